The van der Waals surface area contributed by atoms with Gasteiger partial charge in [-0.25, -0.2) is 4.39 Å². The Labute approximate surface area is 112 Å². The van der Waals surface area contributed by atoms with Crippen molar-refractivity contribution < 1.29 is 18.7 Å². The molecule has 1 atom stereocenters. The van der Waals surface area contributed by atoms with Gasteiger partial charge in [-0.1, -0.05) is 13.8 Å². The third-order valence-corrected chi connectivity index (χ3v) is 2.83. The molecule has 19 heavy (non-hydrogen) atoms. The molecule has 0 saturated heterocycles. The molecular formula is C14H18FNO3. The summed E-state index contributed by atoms with van der Waals surface area (Å²) in [7, 11) is 1.24. The number of aryl methyl sites for hydroxylation is 1. The molecule has 4 nitrogen and oxygen atoms in total. The van der Waals surface area contributed by atoms with Crippen LogP contribution in [0.25, 0.3) is 0 Å². The third-order valence-electron chi connectivity index (χ3n) is 2.83. The zero-order chi connectivity index (χ0) is 14.6. The van der Waals surface area contributed by atoms with Crippen molar-refractivity contribution in [1.82, 2.24) is 0 Å². The number of carbonyl (C=O) groups is 2. The van der Waals surface area contributed by atoms with Crippen LogP contribution in [0, 0.1) is 24.6 Å². The monoisotopic (exact) mass is 267 g/mol. The highest BCUT2D eigenvalue weighted by Gasteiger charge is 2.30. The van der Waals surface area contributed by atoms with Gasteiger partial charge >= 0.3 is 5.97 Å². The summed E-state index contributed by atoms with van der Waals surface area (Å²) in [6, 6.07) is 4.24. The largest absolute Gasteiger partial charge is 0.468 e. The van der Waals surface area contributed by atoms with Crippen LogP contribution >= 0.6 is 0 Å². The molecular weight excluding hydrogens is 249 g/mol. The Balaban J connectivity index is 2.87. The van der Waals surface area contributed by atoms with Gasteiger partial charge in [-0.3, -0.25) is 9.59 Å². The van der Waals surface area contributed by atoms with E-state index in [1.165, 1.54) is 25.3 Å². The van der Waals surface area contributed by atoms with E-state index in [0.29, 0.717) is 11.3 Å². The number of nitrogens with one attached hydrogen (secondary N) is 1. The number of hydrogen-bond donors (Lipinski definition) is 1. The molecule has 0 bridgehead atoms. The number of anilines is 1. The predicted octanol–water partition coefficient (Wildman–Crippen LogP) is 2.52. The van der Waals surface area contributed by atoms with Gasteiger partial charge in [0.05, 0.1) is 7.11 Å². The summed E-state index contributed by atoms with van der Waals surface area (Å²) in [5.74, 6) is -2.44. The maximum Gasteiger partial charge on any atom is 0.318 e. The first-order valence-corrected chi connectivity index (χ1v) is 6.01. The molecule has 0 saturated carbocycles. The van der Waals surface area contributed by atoms with Crippen LogP contribution in [0.1, 0.15) is 19.4 Å². The number of benzene rings is 1. The summed E-state index contributed by atoms with van der Waals surface area (Å²) in [5, 5.41) is 2.60. The Morgan fingerprint density at radius 2 is 1.95 bits per heavy atom. The molecule has 0 radical (unpaired) electrons. The zero-order valence-electron chi connectivity index (χ0n) is 11.5. The van der Waals surface area contributed by atoms with Crippen molar-refractivity contribution >= 4 is 17.6 Å². The minimum atomic E-state index is -0.879. The highest BCUT2D eigenvalue weighted by Crippen LogP contribution is 2.18. The van der Waals surface area contributed by atoms with E-state index < -0.39 is 17.8 Å². The van der Waals surface area contributed by atoms with Crippen LogP contribution in [0.5, 0.6) is 0 Å². The van der Waals surface area contributed by atoms with Crippen LogP contribution in [-0.2, 0) is 14.3 Å². The average molecular weight is 267 g/mol. The summed E-state index contributed by atoms with van der Waals surface area (Å²) in [6.07, 6.45) is 0. The normalized spacial score (nSPS) is 12.1. The van der Waals surface area contributed by atoms with E-state index in [2.05, 4.69) is 10.1 Å². The second-order valence-electron chi connectivity index (χ2n) is 4.70. The molecule has 0 spiro atoms. The summed E-state index contributed by atoms with van der Waals surface area (Å²) < 4.78 is 17.7. The van der Waals surface area contributed by atoms with E-state index in [1.54, 1.807) is 20.8 Å². The van der Waals surface area contributed by atoms with E-state index in [4.69, 9.17) is 0 Å². The quantitative estimate of drug-likeness (QED) is 0.673. The molecule has 104 valence electrons. The molecule has 1 amide bonds. The van der Waals surface area contributed by atoms with Gasteiger partial charge in [0, 0.05) is 5.69 Å². The van der Waals surface area contributed by atoms with Gasteiger partial charge in [-0.15, -0.1) is 0 Å². The molecule has 0 aliphatic carbocycles. The highest BCUT2D eigenvalue weighted by molar-refractivity contribution is 6.04. The molecule has 1 aromatic rings. The molecule has 1 unspecified atom stereocenters. The molecule has 0 aromatic heterocycles. The first-order valence-electron chi connectivity index (χ1n) is 6.01. The van der Waals surface area contributed by atoms with Crippen molar-refractivity contribution in [2.75, 3.05) is 12.4 Å². The lowest BCUT2D eigenvalue weighted by Gasteiger charge is -2.18. The third kappa shape index (κ3) is 3.77. The minimum Gasteiger partial charge on any atom is -0.468 e. The Morgan fingerprint density at radius 3 is 2.42 bits per heavy atom. The molecule has 0 fully saturated rings. The molecule has 1 aromatic carbocycles. The van der Waals surface area contributed by atoms with Crippen LogP contribution in [-0.4, -0.2) is 19.0 Å². The number of halogens is 1. The fourth-order valence-corrected chi connectivity index (χ4v) is 1.75. The predicted molar refractivity (Wildman–Crippen MR) is 70.1 cm³/mol. The SMILES string of the molecule is COC(=O)C(C(=O)Nc1ccc(F)c(C)c1)C(C)C. The number of amides is 1. The lowest BCUT2D eigenvalue weighted by molar-refractivity contribution is -0.150. The van der Waals surface area contributed by atoms with Crippen molar-refractivity contribution in [2.24, 2.45) is 11.8 Å². The molecule has 5 heteroatoms. The first-order chi connectivity index (χ1) is 8.86. The average Bonchev–Trinajstić information content (AvgIpc) is 2.33. The smallest absolute Gasteiger partial charge is 0.318 e. The highest BCUT2D eigenvalue weighted by atomic mass is 19.1. The second-order valence-corrected chi connectivity index (χ2v) is 4.70. The van der Waals surface area contributed by atoms with Gasteiger partial charge in [0.1, 0.15) is 11.7 Å². The molecule has 1 rings (SSSR count). The summed E-state index contributed by atoms with van der Waals surface area (Å²) >= 11 is 0. The van der Waals surface area contributed by atoms with Crippen molar-refractivity contribution in [3.63, 3.8) is 0 Å². The van der Waals surface area contributed by atoms with E-state index in [9.17, 15) is 14.0 Å². The van der Waals surface area contributed by atoms with Gasteiger partial charge in [0.2, 0.25) is 5.91 Å². The Morgan fingerprint density at radius 1 is 1.32 bits per heavy atom. The van der Waals surface area contributed by atoms with E-state index >= 15 is 0 Å². The van der Waals surface area contributed by atoms with Crippen LogP contribution in [0.2, 0.25) is 0 Å². The van der Waals surface area contributed by atoms with Gasteiger partial charge in [-0.2, -0.15) is 0 Å². The molecule has 0 aliphatic heterocycles. The standard InChI is InChI=1S/C14H18FNO3/c1-8(2)12(14(18)19-4)13(17)16-10-5-6-11(15)9(3)7-10/h5-8,12H,1-4H3,(H,16,17). The van der Waals surface area contributed by atoms with Gasteiger partial charge in [0.15, 0.2) is 0 Å². The number of hydrogen-bond acceptors (Lipinski definition) is 3. The molecule has 0 aliphatic rings. The Kier molecular flexibility index (Phi) is 5.03. The first kappa shape index (κ1) is 15.1. The van der Waals surface area contributed by atoms with Gasteiger partial charge < -0.3 is 10.1 Å². The van der Waals surface area contributed by atoms with E-state index in [1.807, 2.05) is 0 Å². The van der Waals surface area contributed by atoms with E-state index in [-0.39, 0.29) is 11.7 Å². The van der Waals surface area contributed by atoms with Crippen molar-refractivity contribution in [3.05, 3.63) is 29.6 Å². The van der Waals surface area contributed by atoms with Crippen LogP contribution in [0.15, 0.2) is 18.2 Å². The number of rotatable bonds is 4. The van der Waals surface area contributed by atoms with Crippen LogP contribution in [0.3, 0.4) is 0 Å². The van der Waals surface area contributed by atoms with Crippen molar-refractivity contribution in [3.8, 4) is 0 Å². The summed E-state index contributed by atoms with van der Waals surface area (Å²) in [6.45, 7) is 5.12. The topological polar surface area (TPSA) is 55.4 Å². The lowest BCUT2D eigenvalue weighted by atomic mass is 9.95. The molecule has 1 N–H and O–H groups in total. The van der Waals surface area contributed by atoms with Crippen molar-refractivity contribution in [2.45, 2.75) is 20.8 Å². The fraction of sp³-hybridized carbons (Fsp3) is 0.429. The zero-order valence-corrected chi connectivity index (χ0v) is 11.5. The van der Waals surface area contributed by atoms with Gasteiger partial charge in [-0.05, 0) is 36.6 Å². The maximum atomic E-state index is 13.1. The minimum absolute atomic E-state index is 0.186. The molecule has 0 heterocycles. The van der Waals surface area contributed by atoms with Gasteiger partial charge in [0.25, 0.3) is 0 Å². The summed E-state index contributed by atoms with van der Waals surface area (Å²) in [5.41, 5.74) is 0.885. The number of esters is 1. The summed E-state index contributed by atoms with van der Waals surface area (Å²) in [4.78, 5) is 23.6. The number of methoxy groups -OCH3 is 1. The Hall–Kier alpha value is -1.91. The lowest BCUT2D eigenvalue weighted by Crippen LogP contribution is -2.34. The Bertz CT molecular complexity index is 486. The fourth-order valence-electron chi connectivity index (χ4n) is 1.75. The number of ether oxygens (including phenoxy) is 1. The second kappa shape index (κ2) is 6.31. The van der Waals surface area contributed by atoms with E-state index in [0.717, 1.165) is 0 Å². The number of carbonyl (C=O) groups excluding carboxylic acids is 2. The maximum absolute atomic E-state index is 13.1. The van der Waals surface area contributed by atoms with Crippen LogP contribution < -0.4 is 5.32 Å². The van der Waals surface area contributed by atoms with Crippen LogP contribution in [0.4, 0.5) is 10.1 Å². The van der Waals surface area contributed by atoms with Crippen molar-refractivity contribution in [1.29, 1.82) is 0 Å².